The summed E-state index contributed by atoms with van der Waals surface area (Å²) in [6, 6.07) is 9.56. The van der Waals surface area contributed by atoms with E-state index in [4.69, 9.17) is 5.73 Å². The highest BCUT2D eigenvalue weighted by molar-refractivity contribution is 5.80. The number of nitrogens with zero attached hydrogens (tertiary/aromatic N) is 6. The molecule has 0 bridgehead atoms. The number of hydrogen-bond donors (Lipinski definition) is 2. The zero-order chi connectivity index (χ0) is 14.4. The molecular weight excluding hydrogens is 268 g/mol. The van der Waals surface area contributed by atoms with Crippen molar-refractivity contribution in [1.29, 1.82) is 0 Å². The summed E-state index contributed by atoms with van der Waals surface area (Å²) in [5, 5.41) is 12.4. The molecule has 21 heavy (non-hydrogen) atoms. The maximum absolute atomic E-state index is 6.13. The predicted molar refractivity (Wildman–Crippen MR) is 77.6 cm³/mol. The van der Waals surface area contributed by atoms with Gasteiger partial charge in [-0.2, -0.15) is 9.78 Å². The first-order valence-electron chi connectivity index (χ1n) is 6.39. The standard InChI is InChI=1S/C13H12N8/c1-20-7-6-10(18-20)21-12(14)11(17-19-21)13-15-8-4-2-3-5-9(8)16-13/h2-7H,14H2,1H3,(H,15,16). The molecule has 8 heteroatoms. The van der Waals surface area contributed by atoms with E-state index in [1.165, 1.54) is 4.68 Å². The lowest BCUT2D eigenvalue weighted by atomic mass is 10.3. The van der Waals surface area contributed by atoms with E-state index in [1.54, 1.807) is 4.68 Å². The number of aromatic amines is 1. The average molecular weight is 280 g/mol. The molecule has 0 amide bonds. The lowest BCUT2D eigenvalue weighted by Crippen LogP contribution is -2.04. The summed E-state index contributed by atoms with van der Waals surface area (Å²) in [5.41, 5.74) is 8.43. The first-order chi connectivity index (χ1) is 10.2. The number of H-pyrrole nitrogens is 1. The van der Waals surface area contributed by atoms with Crippen LogP contribution in [0.3, 0.4) is 0 Å². The van der Waals surface area contributed by atoms with E-state index < -0.39 is 0 Å². The van der Waals surface area contributed by atoms with Crippen LogP contribution in [-0.2, 0) is 7.05 Å². The van der Waals surface area contributed by atoms with Gasteiger partial charge in [0.15, 0.2) is 23.2 Å². The summed E-state index contributed by atoms with van der Waals surface area (Å²) in [6.45, 7) is 0. The van der Waals surface area contributed by atoms with E-state index in [2.05, 4.69) is 25.4 Å². The van der Waals surface area contributed by atoms with Gasteiger partial charge in [0.25, 0.3) is 0 Å². The monoisotopic (exact) mass is 280 g/mol. The summed E-state index contributed by atoms with van der Waals surface area (Å²) in [5.74, 6) is 1.61. The van der Waals surface area contributed by atoms with Gasteiger partial charge in [0.1, 0.15) is 0 Å². The lowest BCUT2D eigenvalue weighted by molar-refractivity contribution is 0.718. The number of nitrogens with one attached hydrogen (secondary N) is 1. The fourth-order valence-electron chi connectivity index (χ4n) is 2.21. The van der Waals surface area contributed by atoms with Crippen LogP contribution in [0.15, 0.2) is 36.5 Å². The molecule has 8 nitrogen and oxygen atoms in total. The first kappa shape index (κ1) is 11.6. The van der Waals surface area contributed by atoms with Crippen molar-refractivity contribution < 1.29 is 0 Å². The predicted octanol–water partition coefficient (Wildman–Crippen LogP) is 1.13. The Morgan fingerprint density at radius 3 is 2.81 bits per heavy atom. The minimum Gasteiger partial charge on any atom is -0.382 e. The molecule has 0 unspecified atom stereocenters. The van der Waals surface area contributed by atoms with Crippen molar-refractivity contribution in [3.8, 4) is 17.3 Å². The van der Waals surface area contributed by atoms with Gasteiger partial charge in [0.05, 0.1) is 11.0 Å². The van der Waals surface area contributed by atoms with Crippen LogP contribution < -0.4 is 5.73 Å². The third-order valence-electron chi connectivity index (χ3n) is 3.24. The van der Waals surface area contributed by atoms with E-state index in [1.807, 2.05) is 43.6 Å². The number of rotatable bonds is 2. The minimum absolute atomic E-state index is 0.396. The molecule has 0 saturated heterocycles. The van der Waals surface area contributed by atoms with Crippen LogP contribution in [0.2, 0.25) is 0 Å². The number of para-hydroxylation sites is 2. The third-order valence-corrected chi connectivity index (χ3v) is 3.24. The van der Waals surface area contributed by atoms with Crippen molar-refractivity contribution in [2.45, 2.75) is 0 Å². The summed E-state index contributed by atoms with van der Waals surface area (Å²) in [6.07, 6.45) is 1.82. The zero-order valence-corrected chi connectivity index (χ0v) is 11.2. The Morgan fingerprint density at radius 1 is 1.19 bits per heavy atom. The van der Waals surface area contributed by atoms with Gasteiger partial charge < -0.3 is 10.7 Å². The van der Waals surface area contributed by atoms with Crippen LogP contribution in [0.5, 0.6) is 0 Å². The molecule has 4 rings (SSSR count). The van der Waals surface area contributed by atoms with Crippen LogP contribution >= 0.6 is 0 Å². The molecule has 0 aliphatic carbocycles. The van der Waals surface area contributed by atoms with Gasteiger partial charge in [0, 0.05) is 19.3 Å². The molecule has 4 aromatic rings. The van der Waals surface area contributed by atoms with Crippen LogP contribution in [-0.4, -0.2) is 34.7 Å². The molecule has 0 fully saturated rings. The Bertz CT molecular complexity index is 896. The Labute approximate surface area is 119 Å². The van der Waals surface area contributed by atoms with E-state index in [9.17, 15) is 0 Å². The molecule has 3 aromatic heterocycles. The number of hydrogen-bond acceptors (Lipinski definition) is 5. The number of anilines is 1. The Morgan fingerprint density at radius 2 is 2.05 bits per heavy atom. The van der Waals surface area contributed by atoms with Gasteiger partial charge in [-0.25, -0.2) is 4.98 Å². The molecule has 0 spiro atoms. The number of imidazole rings is 1. The van der Waals surface area contributed by atoms with E-state index >= 15 is 0 Å². The SMILES string of the molecule is Cn1ccc(-n2nnc(-c3nc4ccccc4[nH]3)c2N)n1. The van der Waals surface area contributed by atoms with Gasteiger partial charge in [-0.3, -0.25) is 4.68 Å². The Hall–Kier alpha value is -3.16. The highest BCUT2D eigenvalue weighted by atomic mass is 15.5. The molecule has 104 valence electrons. The maximum atomic E-state index is 6.13. The Balaban J connectivity index is 1.84. The highest BCUT2D eigenvalue weighted by Gasteiger charge is 2.17. The topological polar surface area (TPSA) is 103 Å². The van der Waals surface area contributed by atoms with Crippen LogP contribution in [0, 0.1) is 0 Å². The smallest absolute Gasteiger partial charge is 0.179 e. The normalized spacial score (nSPS) is 11.3. The number of benzene rings is 1. The molecular formula is C13H12N8. The number of nitrogens with two attached hydrogens (primary N) is 1. The van der Waals surface area contributed by atoms with Crippen molar-refractivity contribution in [2.75, 3.05) is 5.73 Å². The average Bonchev–Trinajstić information content (AvgIpc) is 3.16. The zero-order valence-electron chi connectivity index (χ0n) is 11.2. The molecule has 0 saturated carbocycles. The van der Waals surface area contributed by atoms with Crippen molar-refractivity contribution in [1.82, 2.24) is 34.7 Å². The van der Waals surface area contributed by atoms with E-state index in [0.717, 1.165) is 11.0 Å². The number of fused-ring (bicyclic) bond motifs is 1. The van der Waals surface area contributed by atoms with Gasteiger partial charge in [-0.1, -0.05) is 17.3 Å². The number of aryl methyl sites for hydroxylation is 1. The number of aromatic nitrogens is 7. The Kier molecular flexibility index (Phi) is 2.31. The lowest BCUT2D eigenvalue weighted by Gasteiger charge is -1.97. The number of nitrogen functional groups attached to an aromatic ring is 1. The second-order valence-corrected chi connectivity index (χ2v) is 4.69. The van der Waals surface area contributed by atoms with Crippen LogP contribution in [0.25, 0.3) is 28.4 Å². The quantitative estimate of drug-likeness (QED) is 0.573. The van der Waals surface area contributed by atoms with Crippen molar-refractivity contribution in [2.24, 2.45) is 7.05 Å². The van der Waals surface area contributed by atoms with Crippen molar-refractivity contribution in [3.63, 3.8) is 0 Å². The summed E-state index contributed by atoms with van der Waals surface area (Å²) in [7, 11) is 1.83. The van der Waals surface area contributed by atoms with Crippen LogP contribution in [0.1, 0.15) is 0 Å². The molecule has 3 N–H and O–H groups in total. The van der Waals surface area contributed by atoms with Crippen LogP contribution in [0.4, 0.5) is 5.82 Å². The second kappa shape index (κ2) is 4.17. The van der Waals surface area contributed by atoms with Gasteiger partial charge in [-0.15, -0.1) is 5.10 Å². The highest BCUT2D eigenvalue weighted by Crippen LogP contribution is 2.24. The molecule has 0 aliphatic heterocycles. The first-order valence-corrected chi connectivity index (χ1v) is 6.39. The van der Waals surface area contributed by atoms with Gasteiger partial charge >= 0.3 is 0 Å². The molecule has 0 aliphatic rings. The van der Waals surface area contributed by atoms with Crippen molar-refractivity contribution >= 4 is 16.9 Å². The summed E-state index contributed by atoms with van der Waals surface area (Å²) < 4.78 is 3.17. The molecule has 0 radical (unpaired) electrons. The van der Waals surface area contributed by atoms with E-state index in [-0.39, 0.29) is 0 Å². The minimum atomic E-state index is 0.396. The second-order valence-electron chi connectivity index (χ2n) is 4.69. The van der Waals surface area contributed by atoms with Crippen molar-refractivity contribution in [3.05, 3.63) is 36.5 Å². The summed E-state index contributed by atoms with van der Waals surface area (Å²) in [4.78, 5) is 7.67. The fraction of sp³-hybridized carbons (Fsp3) is 0.0769. The third kappa shape index (κ3) is 1.76. The maximum Gasteiger partial charge on any atom is 0.179 e. The molecule has 0 atom stereocenters. The van der Waals surface area contributed by atoms with Gasteiger partial charge in [-0.05, 0) is 12.1 Å². The molecule has 1 aromatic carbocycles. The van der Waals surface area contributed by atoms with Gasteiger partial charge in [0.2, 0.25) is 0 Å². The van der Waals surface area contributed by atoms with E-state index in [0.29, 0.717) is 23.2 Å². The summed E-state index contributed by atoms with van der Waals surface area (Å²) >= 11 is 0. The fourth-order valence-corrected chi connectivity index (χ4v) is 2.21. The molecule has 3 heterocycles. The largest absolute Gasteiger partial charge is 0.382 e.